The topological polar surface area (TPSA) is 58.5 Å². The Bertz CT molecular complexity index is 681. The maximum atomic E-state index is 13.1. The minimum absolute atomic E-state index is 0.104. The molecule has 23 heavy (non-hydrogen) atoms. The lowest BCUT2D eigenvalue weighted by molar-refractivity contribution is 0.0717. The third-order valence-corrected chi connectivity index (χ3v) is 3.91. The van der Waals surface area contributed by atoms with Crippen LogP contribution in [0.3, 0.4) is 0 Å². The van der Waals surface area contributed by atoms with Crippen LogP contribution in [0.25, 0.3) is 10.9 Å². The number of halogens is 2. The van der Waals surface area contributed by atoms with Crippen molar-refractivity contribution < 1.29 is 18.6 Å². The van der Waals surface area contributed by atoms with Crippen LogP contribution < -0.4 is 4.90 Å². The highest BCUT2D eigenvalue weighted by Crippen LogP contribution is 2.30. The summed E-state index contributed by atoms with van der Waals surface area (Å²) in [5, 5.41) is 10.4. The quantitative estimate of drug-likeness (QED) is 0.937. The van der Waals surface area contributed by atoms with E-state index in [0.29, 0.717) is 37.5 Å². The smallest absolute Gasteiger partial charge is 0.297 e. The fourth-order valence-electron chi connectivity index (χ4n) is 2.92. The van der Waals surface area contributed by atoms with Gasteiger partial charge in [-0.15, -0.1) is 0 Å². The number of rotatable bonds is 4. The highest BCUT2D eigenvalue weighted by Gasteiger charge is 2.28. The highest BCUT2D eigenvalue weighted by molar-refractivity contribution is 5.89. The molecule has 124 valence electrons. The number of morpholine rings is 1. The molecule has 1 saturated heterocycles. The Labute approximate surface area is 132 Å². The Morgan fingerprint density at radius 1 is 1.35 bits per heavy atom. The Balaban J connectivity index is 2.08. The molecular weight excluding hydrogens is 304 g/mol. The maximum absolute atomic E-state index is 13.1. The third-order valence-electron chi connectivity index (χ3n) is 3.91. The molecular formula is C16H19F2N3O2. The molecule has 2 atom stereocenters. The number of ether oxygens (including phenoxy) is 1. The molecule has 1 N–H and O–H groups in total. The van der Waals surface area contributed by atoms with Gasteiger partial charge < -0.3 is 14.7 Å². The summed E-state index contributed by atoms with van der Waals surface area (Å²) in [5.41, 5.74) is 0.495. The van der Waals surface area contributed by atoms with Crippen LogP contribution in [0, 0.1) is 0 Å². The van der Waals surface area contributed by atoms with Gasteiger partial charge in [0.15, 0.2) is 5.82 Å². The summed E-state index contributed by atoms with van der Waals surface area (Å²) in [6.45, 7) is 3.18. The van der Waals surface area contributed by atoms with E-state index in [-0.39, 0.29) is 6.04 Å². The Kier molecular flexibility index (Phi) is 4.68. The van der Waals surface area contributed by atoms with Crippen LogP contribution in [-0.2, 0) is 4.74 Å². The number of alkyl halides is 2. The SMILES string of the molecule is CC(O)CC1COCCN1c1nc(C(F)F)nc2ccccc12. The van der Waals surface area contributed by atoms with Crippen molar-refractivity contribution in [2.45, 2.75) is 31.9 Å². The summed E-state index contributed by atoms with van der Waals surface area (Å²) in [5.74, 6) is 0.0147. The molecule has 0 spiro atoms. The van der Waals surface area contributed by atoms with Gasteiger partial charge in [-0.1, -0.05) is 12.1 Å². The molecule has 0 aliphatic carbocycles. The number of anilines is 1. The first-order valence-electron chi connectivity index (χ1n) is 7.63. The molecule has 1 aromatic carbocycles. The van der Waals surface area contributed by atoms with Crippen LogP contribution in [0.2, 0.25) is 0 Å². The van der Waals surface area contributed by atoms with Crippen LogP contribution in [0.5, 0.6) is 0 Å². The Morgan fingerprint density at radius 3 is 2.87 bits per heavy atom. The molecule has 2 heterocycles. The maximum Gasteiger partial charge on any atom is 0.297 e. The molecule has 0 bridgehead atoms. The van der Waals surface area contributed by atoms with Gasteiger partial charge in [0.2, 0.25) is 0 Å². The first-order valence-corrected chi connectivity index (χ1v) is 7.63. The van der Waals surface area contributed by atoms with Gasteiger partial charge in [0.1, 0.15) is 5.82 Å². The van der Waals surface area contributed by atoms with E-state index >= 15 is 0 Å². The molecule has 1 aromatic heterocycles. The van der Waals surface area contributed by atoms with Gasteiger partial charge in [-0.3, -0.25) is 0 Å². The minimum Gasteiger partial charge on any atom is -0.393 e. The van der Waals surface area contributed by atoms with Crippen molar-refractivity contribution in [3.8, 4) is 0 Å². The zero-order valence-electron chi connectivity index (χ0n) is 12.8. The van der Waals surface area contributed by atoms with Crippen LogP contribution >= 0.6 is 0 Å². The Hall–Kier alpha value is -1.86. The summed E-state index contributed by atoms with van der Waals surface area (Å²) >= 11 is 0. The van der Waals surface area contributed by atoms with E-state index in [0.717, 1.165) is 5.39 Å². The van der Waals surface area contributed by atoms with E-state index in [9.17, 15) is 13.9 Å². The minimum atomic E-state index is -2.73. The Morgan fingerprint density at radius 2 is 2.13 bits per heavy atom. The van der Waals surface area contributed by atoms with Gasteiger partial charge >= 0.3 is 0 Å². The number of aromatic nitrogens is 2. The molecule has 1 aliphatic rings. The predicted octanol–water partition coefficient (Wildman–Crippen LogP) is 2.54. The lowest BCUT2D eigenvalue weighted by Gasteiger charge is -2.37. The predicted molar refractivity (Wildman–Crippen MR) is 82.7 cm³/mol. The van der Waals surface area contributed by atoms with E-state index in [1.165, 1.54) is 0 Å². The number of benzene rings is 1. The number of hydrogen-bond donors (Lipinski definition) is 1. The van der Waals surface area contributed by atoms with E-state index < -0.39 is 18.4 Å². The summed E-state index contributed by atoms with van der Waals surface area (Å²) in [6.07, 6.45) is -2.75. The van der Waals surface area contributed by atoms with Crippen LogP contribution in [-0.4, -0.2) is 47.0 Å². The molecule has 7 heteroatoms. The van der Waals surface area contributed by atoms with Crippen molar-refractivity contribution in [3.05, 3.63) is 30.1 Å². The van der Waals surface area contributed by atoms with Crippen molar-refractivity contribution >= 4 is 16.7 Å². The van der Waals surface area contributed by atoms with Crippen molar-refractivity contribution in [3.63, 3.8) is 0 Å². The van der Waals surface area contributed by atoms with Crippen molar-refractivity contribution in [1.82, 2.24) is 9.97 Å². The molecule has 1 aliphatic heterocycles. The molecule has 0 radical (unpaired) electrons. The van der Waals surface area contributed by atoms with E-state index in [2.05, 4.69) is 9.97 Å². The van der Waals surface area contributed by atoms with Gasteiger partial charge in [-0.25, -0.2) is 18.7 Å². The monoisotopic (exact) mass is 323 g/mol. The van der Waals surface area contributed by atoms with Crippen LogP contribution in [0.15, 0.2) is 24.3 Å². The normalized spacial score (nSPS) is 20.2. The summed E-state index contributed by atoms with van der Waals surface area (Å²) < 4.78 is 31.8. The van der Waals surface area contributed by atoms with E-state index in [1.807, 2.05) is 17.0 Å². The lowest BCUT2D eigenvalue weighted by Crippen LogP contribution is -2.47. The first-order chi connectivity index (χ1) is 11.1. The van der Waals surface area contributed by atoms with E-state index in [1.54, 1.807) is 19.1 Å². The lowest BCUT2D eigenvalue weighted by atomic mass is 10.1. The fourth-order valence-corrected chi connectivity index (χ4v) is 2.92. The second kappa shape index (κ2) is 6.72. The van der Waals surface area contributed by atoms with Crippen molar-refractivity contribution in [2.24, 2.45) is 0 Å². The van der Waals surface area contributed by atoms with Gasteiger partial charge in [0.25, 0.3) is 6.43 Å². The second-order valence-electron chi connectivity index (χ2n) is 5.73. The van der Waals surface area contributed by atoms with Gasteiger partial charge in [0, 0.05) is 11.9 Å². The number of hydrogen-bond acceptors (Lipinski definition) is 5. The van der Waals surface area contributed by atoms with E-state index in [4.69, 9.17) is 4.74 Å². The first kappa shape index (κ1) is 16.0. The van der Waals surface area contributed by atoms with Gasteiger partial charge in [-0.05, 0) is 25.5 Å². The van der Waals surface area contributed by atoms with Crippen LogP contribution in [0.1, 0.15) is 25.6 Å². The van der Waals surface area contributed by atoms with Crippen molar-refractivity contribution in [2.75, 3.05) is 24.7 Å². The molecule has 5 nitrogen and oxygen atoms in total. The number of fused-ring (bicyclic) bond motifs is 1. The van der Waals surface area contributed by atoms with Gasteiger partial charge in [0.05, 0.1) is 30.9 Å². The molecule has 3 rings (SSSR count). The molecule has 2 aromatic rings. The van der Waals surface area contributed by atoms with Crippen LogP contribution in [0.4, 0.5) is 14.6 Å². The standard InChI is InChI=1S/C16H19F2N3O2/c1-10(22)8-11-9-23-7-6-21(11)16-12-4-2-3-5-13(12)19-15(20-16)14(17)18/h2-5,10-11,14,22H,6-9H2,1H3. The molecule has 2 unspecified atom stereocenters. The third kappa shape index (κ3) is 3.40. The number of aliphatic hydroxyl groups excluding tert-OH is 1. The zero-order chi connectivity index (χ0) is 16.4. The largest absolute Gasteiger partial charge is 0.393 e. The summed E-state index contributed by atoms with van der Waals surface area (Å²) in [7, 11) is 0. The molecule has 0 amide bonds. The number of nitrogens with zero attached hydrogens (tertiary/aromatic N) is 3. The number of para-hydroxylation sites is 1. The van der Waals surface area contributed by atoms with Crippen molar-refractivity contribution in [1.29, 1.82) is 0 Å². The molecule has 1 fully saturated rings. The number of aliphatic hydroxyl groups is 1. The summed E-state index contributed by atoms with van der Waals surface area (Å²) in [4.78, 5) is 10.0. The average Bonchev–Trinajstić information content (AvgIpc) is 2.54. The highest BCUT2D eigenvalue weighted by atomic mass is 19.3. The zero-order valence-corrected chi connectivity index (χ0v) is 12.8. The summed E-state index contributed by atoms with van der Waals surface area (Å²) in [6, 6.07) is 7.03. The fraction of sp³-hybridized carbons (Fsp3) is 0.500. The van der Waals surface area contributed by atoms with Gasteiger partial charge in [-0.2, -0.15) is 0 Å². The average molecular weight is 323 g/mol. The second-order valence-corrected chi connectivity index (χ2v) is 5.73. The molecule has 0 saturated carbocycles.